The molecule has 2 aromatic rings. The van der Waals surface area contributed by atoms with Gasteiger partial charge in [-0.05, 0) is 75.7 Å². The van der Waals surface area contributed by atoms with E-state index in [1.54, 1.807) is 18.3 Å². The molecule has 5 aliphatic carbocycles. The number of hydrogen-bond donors (Lipinski definition) is 1. The molecule has 43 heavy (non-hydrogen) atoms. The van der Waals surface area contributed by atoms with Crippen molar-refractivity contribution in [1.29, 1.82) is 0 Å². The first-order valence-electron chi connectivity index (χ1n) is 15.6. The van der Waals surface area contributed by atoms with Crippen molar-refractivity contribution in [3.05, 3.63) is 54.3 Å². The standard InChI is InChI=1S/C34H37FN2O5S/c1-30-14-11-21(38)15-20(30)9-10-22-23-16-28-34(42-32(41-28)12-5-6-13-32,31(23,2)17-26(39)33(22,30)35)27(40)19-43-29-18-36-24-7-3-4-8-25(24)37-29/h3-4,7-8,11,14-15,18,22-23,26,28,39H,5-6,9-10,12-13,16-17,19H2,1-2H3/t22?,23?,26-,28+,30?,31?,33-,34+/m0/s1. The molecule has 5 fully saturated rings. The highest BCUT2D eigenvalue weighted by Gasteiger charge is 2.80. The zero-order valence-electron chi connectivity index (χ0n) is 24.6. The molecule has 0 radical (unpaired) electrons. The van der Waals surface area contributed by atoms with Crippen LogP contribution in [0.2, 0.25) is 0 Å². The molecule has 4 unspecified atom stereocenters. The number of benzene rings is 1. The van der Waals surface area contributed by atoms with Crippen molar-refractivity contribution in [3.8, 4) is 0 Å². The fourth-order valence-electron chi connectivity index (χ4n) is 10.0. The number of alkyl halides is 1. The molecule has 8 rings (SSSR count). The molecule has 1 N–H and O–H groups in total. The van der Waals surface area contributed by atoms with Crippen molar-refractivity contribution in [2.45, 2.75) is 99.5 Å². The smallest absolute Gasteiger partial charge is 0.178 e. The average Bonchev–Trinajstić information content (AvgIpc) is 3.65. The predicted octanol–water partition coefficient (Wildman–Crippen LogP) is 5.70. The molecule has 0 bridgehead atoms. The second-order valence-corrected chi connectivity index (χ2v) is 15.0. The lowest BCUT2D eigenvalue weighted by Gasteiger charge is -2.62. The van der Waals surface area contributed by atoms with E-state index in [2.05, 4.69) is 4.98 Å². The van der Waals surface area contributed by atoms with Gasteiger partial charge in [0.1, 0.15) is 5.03 Å². The van der Waals surface area contributed by atoms with Gasteiger partial charge in [-0.15, -0.1) is 0 Å². The van der Waals surface area contributed by atoms with Gasteiger partial charge in [0.25, 0.3) is 0 Å². The van der Waals surface area contributed by atoms with Gasteiger partial charge in [-0.1, -0.05) is 42.5 Å². The molecule has 4 saturated carbocycles. The largest absolute Gasteiger partial charge is 0.390 e. The minimum atomic E-state index is -1.97. The first-order chi connectivity index (χ1) is 20.5. The Balaban J connectivity index is 1.16. The van der Waals surface area contributed by atoms with Gasteiger partial charge >= 0.3 is 0 Å². The number of ether oxygens (including phenoxy) is 2. The van der Waals surface area contributed by atoms with Gasteiger partial charge in [-0.2, -0.15) is 0 Å². The Bertz CT molecular complexity index is 1610. The molecule has 226 valence electrons. The minimum Gasteiger partial charge on any atom is -0.390 e. The summed E-state index contributed by atoms with van der Waals surface area (Å²) in [5.74, 6) is -1.66. The molecular formula is C34H37FN2O5S. The Kier molecular flexibility index (Phi) is 6.05. The van der Waals surface area contributed by atoms with Gasteiger partial charge in [0.05, 0.1) is 35.2 Å². The van der Waals surface area contributed by atoms with E-state index in [1.807, 2.05) is 38.1 Å². The van der Waals surface area contributed by atoms with Gasteiger partial charge in [0.15, 0.2) is 28.6 Å². The van der Waals surface area contributed by atoms with Crippen LogP contribution in [0.15, 0.2) is 59.3 Å². The maximum Gasteiger partial charge on any atom is 0.178 e. The number of carbonyl (C=O) groups excluding carboxylic acids is 2. The summed E-state index contributed by atoms with van der Waals surface area (Å²) < 4.78 is 31.5. The molecule has 1 aromatic heterocycles. The Hall–Kier alpha value is -2.46. The van der Waals surface area contributed by atoms with E-state index in [4.69, 9.17) is 14.5 Å². The number of halogens is 1. The number of para-hydroxylation sites is 2. The molecule has 2 heterocycles. The number of nitrogens with zero attached hydrogens (tertiary/aromatic N) is 2. The molecule has 8 atom stereocenters. The third-order valence-electron chi connectivity index (χ3n) is 12.1. The monoisotopic (exact) mass is 604 g/mol. The number of aliphatic hydroxyl groups is 1. The number of rotatable bonds is 4. The zero-order chi connectivity index (χ0) is 29.8. The lowest BCUT2D eigenvalue weighted by Crippen LogP contribution is -2.70. The van der Waals surface area contributed by atoms with Crippen LogP contribution in [0.5, 0.6) is 0 Å². The maximum atomic E-state index is 17.7. The molecule has 1 aliphatic heterocycles. The third-order valence-corrected chi connectivity index (χ3v) is 13.0. The van der Waals surface area contributed by atoms with Crippen molar-refractivity contribution in [2.75, 3.05) is 5.75 Å². The Morgan fingerprint density at radius 3 is 2.72 bits per heavy atom. The Morgan fingerprint density at radius 1 is 1.16 bits per heavy atom. The zero-order valence-corrected chi connectivity index (χ0v) is 25.4. The van der Waals surface area contributed by atoms with E-state index in [-0.39, 0.29) is 29.7 Å². The summed E-state index contributed by atoms with van der Waals surface area (Å²) in [5.41, 5.74) is -2.88. The van der Waals surface area contributed by atoms with Crippen molar-refractivity contribution in [3.63, 3.8) is 0 Å². The van der Waals surface area contributed by atoms with Crippen LogP contribution in [0.3, 0.4) is 0 Å². The van der Waals surface area contributed by atoms with Crippen LogP contribution in [0, 0.1) is 22.7 Å². The maximum absolute atomic E-state index is 17.7. The lowest BCUT2D eigenvalue weighted by molar-refractivity contribution is -0.252. The topological polar surface area (TPSA) is 98.6 Å². The normalized spacial score (nSPS) is 42.4. The minimum absolute atomic E-state index is 0.0808. The number of thioether (sulfide) groups is 1. The van der Waals surface area contributed by atoms with Crippen molar-refractivity contribution < 1.29 is 28.6 Å². The molecule has 1 aromatic carbocycles. The summed E-state index contributed by atoms with van der Waals surface area (Å²) in [4.78, 5) is 36.1. The summed E-state index contributed by atoms with van der Waals surface area (Å²) in [6.07, 6.45) is 9.55. The van der Waals surface area contributed by atoms with Crippen molar-refractivity contribution in [2.24, 2.45) is 22.7 Å². The van der Waals surface area contributed by atoms with Crippen LogP contribution >= 0.6 is 11.8 Å². The van der Waals surface area contributed by atoms with Crippen molar-refractivity contribution in [1.82, 2.24) is 9.97 Å². The molecule has 7 nitrogen and oxygen atoms in total. The second-order valence-electron chi connectivity index (χ2n) is 14.0. The highest BCUT2D eigenvalue weighted by molar-refractivity contribution is 7.99. The predicted molar refractivity (Wildman–Crippen MR) is 159 cm³/mol. The van der Waals surface area contributed by atoms with Crippen LogP contribution < -0.4 is 0 Å². The lowest BCUT2D eigenvalue weighted by atomic mass is 9.44. The molecule has 9 heteroatoms. The van der Waals surface area contributed by atoms with Crippen LogP contribution in [-0.2, 0) is 19.1 Å². The number of fused-ring (bicyclic) bond motifs is 8. The summed E-state index contributed by atoms with van der Waals surface area (Å²) in [7, 11) is 0. The molecule has 1 saturated heterocycles. The number of carbonyl (C=O) groups is 2. The third kappa shape index (κ3) is 3.59. The number of ketones is 2. The summed E-state index contributed by atoms with van der Waals surface area (Å²) in [6, 6.07) is 7.63. The fourth-order valence-corrected chi connectivity index (χ4v) is 10.8. The van der Waals surface area contributed by atoms with Gasteiger partial charge < -0.3 is 14.6 Å². The van der Waals surface area contributed by atoms with Gasteiger partial charge in [-0.25, -0.2) is 9.37 Å². The highest BCUT2D eigenvalue weighted by atomic mass is 32.2. The Morgan fingerprint density at radius 2 is 1.93 bits per heavy atom. The van der Waals surface area contributed by atoms with Crippen LogP contribution in [0.25, 0.3) is 11.0 Å². The summed E-state index contributed by atoms with van der Waals surface area (Å²) >= 11 is 1.34. The van der Waals surface area contributed by atoms with Crippen LogP contribution in [-0.4, -0.2) is 61.7 Å². The van der Waals surface area contributed by atoms with Crippen LogP contribution in [0.4, 0.5) is 4.39 Å². The highest BCUT2D eigenvalue weighted by Crippen LogP contribution is 2.73. The number of aliphatic hydroxyl groups excluding tert-OH is 1. The molecule has 1 spiro atoms. The first-order valence-corrected chi connectivity index (χ1v) is 16.6. The van der Waals surface area contributed by atoms with E-state index in [0.717, 1.165) is 42.3 Å². The van der Waals surface area contributed by atoms with E-state index in [1.165, 1.54) is 17.8 Å². The van der Waals surface area contributed by atoms with E-state index in [0.29, 0.717) is 24.3 Å². The number of Topliss-reactive ketones (excluding diaryl/α,β-unsaturated/α-hetero) is 1. The van der Waals surface area contributed by atoms with E-state index >= 15 is 4.39 Å². The fraction of sp³-hybridized carbons (Fsp3) is 0.588. The number of hydrogen-bond acceptors (Lipinski definition) is 8. The van der Waals surface area contributed by atoms with Gasteiger partial charge in [0.2, 0.25) is 0 Å². The average molecular weight is 605 g/mol. The van der Waals surface area contributed by atoms with Gasteiger partial charge in [-0.3, -0.25) is 14.6 Å². The van der Waals surface area contributed by atoms with E-state index < -0.39 is 46.0 Å². The molecular weight excluding hydrogens is 567 g/mol. The van der Waals surface area contributed by atoms with Crippen molar-refractivity contribution >= 4 is 34.4 Å². The quantitative estimate of drug-likeness (QED) is 0.444. The van der Waals surface area contributed by atoms with Crippen LogP contribution in [0.1, 0.15) is 65.2 Å². The summed E-state index contributed by atoms with van der Waals surface area (Å²) in [6.45, 7) is 3.85. The molecule has 6 aliphatic rings. The summed E-state index contributed by atoms with van der Waals surface area (Å²) in [5, 5.41) is 12.5. The van der Waals surface area contributed by atoms with E-state index in [9.17, 15) is 14.7 Å². The number of allylic oxidation sites excluding steroid dienone is 4. The molecule has 0 amide bonds. The Labute approximate surface area is 254 Å². The second kappa shape index (κ2) is 9.28. The first kappa shape index (κ1) is 28.0. The number of aromatic nitrogens is 2. The van der Waals surface area contributed by atoms with Gasteiger partial charge in [0, 0.05) is 29.6 Å². The SMILES string of the molecule is CC12C[C@H](O)[C@@]3(F)C(CCC4=CC(=O)C=CC43C)C1C[C@H]1OC3(CCCC3)O[C@]12C(=O)CSc1cnc2ccccc2n1.